The number of nitrogens with one attached hydrogen (secondary N) is 1. The first-order chi connectivity index (χ1) is 9.79. The minimum Gasteiger partial charge on any atom is -0.339 e. The highest BCUT2D eigenvalue weighted by atomic mass is 79.9. The number of hydrogen-bond donors (Lipinski definition) is 1. The number of hydrogen-bond acceptors (Lipinski definition) is 4. The molecule has 108 valence electrons. The van der Waals surface area contributed by atoms with Gasteiger partial charge in [-0.05, 0) is 34.1 Å². The number of rotatable bonds is 2. The molecule has 1 aromatic heterocycles. The van der Waals surface area contributed by atoms with Crippen LogP contribution in [0.1, 0.15) is 32.2 Å². The highest BCUT2D eigenvalue weighted by Crippen LogP contribution is 2.25. The standard InChI is InChI=1S/C15H14BrFN4/c1-15(2,3)14-20-12(16)7-13(21-14)19-11-5-4-10(17)6-9(11)8-18/h4-7H,1-3H3,(H,19,20,21). The van der Waals surface area contributed by atoms with Gasteiger partial charge in [0.1, 0.15) is 28.1 Å². The van der Waals surface area contributed by atoms with Gasteiger partial charge in [-0.3, -0.25) is 0 Å². The molecule has 0 radical (unpaired) electrons. The van der Waals surface area contributed by atoms with Crippen molar-refractivity contribution in [3.63, 3.8) is 0 Å². The first-order valence-corrected chi connectivity index (χ1v) is 7.10. The van der Waals surface area contributed by atoms with E-state index in [4.69, 9.17) is 5.26 Å². The zero-order valence-corrected chi connectivity index (χ0v) is 13.5. The summed E-state index contributed by atoms with van der Waals surface area (Å²) in [6, 6.07) is 7.66. The van der Waals surface area contributed by atoms with Crippen molar-refractivity contribution in [3.8, 4) is 6.07 Å². The summed E-state index contributed by atoms with van der Waals surface area (Å²) in [4.78, 5) is 8.79. The van der Waals surface area contributed by atoms with Gasteiger partial charge in [0, 0.05) is 11.5 Å². The monoisotopic (exact) mass is 348 g/mol. The van der Waals surface area contributed by atoms with Gasteiger partial charge in [0.15, 0.2) is 0 Å². The summed E-state index contributed by atoms with van der Waals surface area (Å²) in [7, 11) is 0. The van der Waals surface area contributed by atoms with Gasteiger partial charge >= 0.3 is 0 Å². The van der Waals surface area contributed by atoms with Crippen LogP contribution in [-0.4, -0.2) is 9.97 Å². The molecule has 0 spiro atoms. The lowest BCUT2D eigenvalue weighted by Gasteiger charge is -2.18. The molecule has 0 aliphatic rings. The summed E-state index contributed by atoms with van der Waals surface area (Å²) in [6.45, 7) is 6.03. The van der Waals surface area contributed by atoms with E-state index in [1.165, 1.54) is 18.2 Å². The van der Waals surface area contributed by atoms with E-state index < -0.39 is 5.82 Å². The summed E-state index contributed by atoms with van der Waals surface area (Å²) in [6.07, 6.45) is 0. The lowest BCUT2D eigenvalue weighted by Crippen LogP contribution is -2.17. The van der Waals surface area contributed by atoms with E-state index >= 15 is 0 Å². The SMILES string of the molecule is CC(C)(C)c1nc(Br)cc(Nc2ccc(F)cc2C#N)n1. The van der Waals surface area contributed by atoms with Crippen molar-refractivity contribution >= 4 is 27.4 Å². The zero-order chi connectivity index (χ0) is 15.6. The summed E-state index contributed by atoms with van der Waals surface area (Å²) in [5.41, 5.74) is 0.521. The van der Waals surface area contributed by atoms with Gasteiger partial charge in [-0.2, -0.15) is 5.26 Å². The van der Waals surface area contributed by atoms with E-state index in [0.717, 1.165) is 0 Å². The Labute approximate surface area is 131 Å². The molecule has 0 saturated heterocycles. The van der Waals surface area contributed by atoms with E-state index in [9.17, 15) is 4.39 Å². The molecule has 0 unspecified atom stereocenters. The Morgan fingerprint density at radius 2 is 1.95 bits per heavy atom. The van der Waals surface area contributed by atoms with Crippen LogP contribution in [0, 0.1) is 17.1 Å². The van der Waals surface area contributed by atoms with E-state index in [-0.39, 0.29) is 11.0 Å². The number of nitriles is 1. The highest BCUT2D eigenvalue weighted by Gasteiger charge is 2.19. The van der Waals surface area contributed by atoms with Gasteiger partial charge < -0.3 is 5.32 Å². The second kappa shape index (κ2) is 5.78. The summed E-state index contributed by atoms with van der Waals surface area (Å²) < 4.78 is 13.8. The molecule has 0 aliphatic carbocycles. The van der Waals surface area contributed by atoms with Gasteiger partial charge in [0.2, 0.25) is 0 Å². The van der Waals surface area contributed by atoms with Crippen LogP contribution in [0.2, 0.25) is 0 Å². The van der Waals surface area contributed by atoms with Crippen LogP contribution < -0.4 is 5.32 Å². The van der Waals surface area contributed by atoms with Crippen LogP contribution >= 0.6 is 15.9 Å². The maximum absolute atomic E-state index is 13.1. The van der Waals surface area contributed by atoms with Crippen molar-refractivity contribution in [2.75, 3.05) is 5.32 Å². The van der Waals surface area contributed by atoms with Gasteiger partial charge in [0.25, 0.3) is 0 Å². The first-order valence-electron chi connectivity index (χ1n) is 6.31. The molecule has 21 heavy (non-hydrogen) atoms. The third-order valence-electron chi connectivity index (χ3n) is 2.73. The average molecular weight is 349 g/mol. The molecule has 2 aromatic rings. The van der Waals surface area contributed by atoms with Gasteiger partial charge in [-0.1, -0.05) is 20.8 Å². The smallest absolute Gasteiger partial charge is 0.137 e. The quantitative estimate of drug-likeness (QED) is 0.822. The van der Waals surface area contributed by atoms with Crippen molar-refractivity contribution < 1.29 is 4.39 Å². The summed E-state index contributed by atoms with van der Waals surface area (Å²) in [5.74, 6) is 0.765. The molecule has 1 aromatic carbocycles. The predicted octanol–water partition coefficient (Wildman–Crippen LogP) is 4.29. The Morgan fingerprint density at radius 3 is 2.57 bits per heavy atom. The third-order valence-corrected chi connectivity index (χ3v) is 3.14. The first kappa shape index (κ1) is 15.4. The molecular formula is C15H14BrFN4. The normalized spacial score (nSPS) is 11.0. The topological polar surface area (TPSA) is 61.6 Å². The number of anilines is 2. The molecular weight excluding hydrogens is 335 g/mol. The molecule has 0 atom stereocenters. The molecule has 0 saturated carbocycles. The molecule has 1 N–H and O–H groups in total. The predicted molar refractivity (Wildman–Crippen MR) is 82.8 cm³/mol. The number of benzene rings is 1. The van der Waals surface area contributed by atoms with Gasteiger partial charge in [-0.15, -0.1) is 0 Å². The maximum atomic E-state index is 13.1. The molecule has 6 heteroatoms. The number of halogens is 2. The summed E-state index contributed by atoms with van der Waals surface area (Å²) in [5, 5.41) is 12.1. The Balaban J connectivity index is 2.41. The third kappa shape index (κ3) is 3.76. The fraction of sp³-hybridized carbons (Fsp3) is 0.267. The molecule has 0 fully saturated rings. The lowest BCUT2D eigenvalue weighted by molar-refractivity contribution is 0.544. The van der Waals surface area contributed by atoms with Gasteiger partial charge in [-0.25, -0.2) is 14.4 Å². The Morgan fingerprint density at radius 1 is 1.24 bits per heavy atom. The largest absolute Gasteiger partial charge is 0.339 e. The van der Waals surface area contributed by atoms with Crippen LogP contribution in [0.15, 0.2) is 28.9 Å². The molecule has 0 aliphatic heterocycles. The van der Waals surface area contributed by atoms with Crippen LogP contribution in [0.25, 0.3) is 0 Å². The molecule has 0 bridgehead atoms. The van der Waals surface area contributed by atoms with Crippen molar-refractivity contribution in [2.45, 2.75) is 26.2 Å². The Bertz CT molecular complexity index is 717. The Hall–Kier alpha value is -2.00. The number of nitrogens with zero attached hydrogens (tertiary/aromatic N) is 3. The highest BCUT2D eigenvalue weighted by molar-refractivity contribution is 9.10. The van der Waals surface area contributed by atoms with Crippen LogP contribution in [0.3, 0.4) is 0 Å². The minimum absolute atomic E-state index is 0.207. The molecule has 1 heterocycles. The average Bonchev–Trinajstić information content (AvgIpc) is 2.39. The fourth-order valence-corrected chi connectivity index (χ4v) is 2.06. The Kier molecular flexibility index (Phi) is 4.24. The minimum atomic E-state index is -0.448. The molecule has 0 amide bonds. The van der Waals surface area contributed by atoms with Crippen molar-refractivity contribution in [2.24, 2.45) is 0 Å². The van der Waals surface area contributed by atoms with E-state index in [1.807, 2.05) is 26.8 Å². The fourth-order valence-electron chi connectivity index (χ4n) is 1.67. The van der Waals surface area contributed by atoms with Crippen molar-refractivity contribution in [1.29, 1.82) is 5.26 Å². The van der Waals surface area contributed by atoms with Crippen LogP contribution in [0.4, 0.5) is 15.9 Å². The van der Waals surface area contributed by atoms with Crippen molar-refractivity contribution in [1.82, 2.24) is 9.97 Å². The van der Waals surface area contributed by atoms with Crippen LogP contribution in [0.5, 0.6) is 0 Å². The van der Waals surface area contributed by atoms with Crippen molar-refractivity contribution in [3.05, 3.63) is 46.1 Å². The molecule has 4 nitrogen and oxygen atoms in total. The molecule has 2 rings (SSSR count). The second-order valence-electron chi connectivity index (χ2n) is 5.58. The van der Waals surface area contributed by atoms with E-state index in [2.05, 4.69) is 31.2 Å². The van der Waals surface area contributed by atoms with Crippen LogP contribution in [-0.2, 0) is 5.41 Å². The lowest BCUT2D eigenvalue weighted by atomic mass is 9.96. The second-order valence-corrected chi connectivity index (χ2v) is 6.39. The van der Waals surface area contributed by atoms with Gasteiger partial charge in [0.05, 0.1) is 11.3 Å². The summed E-state index contributed by atoms with van der Waals surface area (Å²) >= 11 is 3.35. The zero-order valence-electron chi connectivity index (χ0n) is 11.9. The van der Waals surface area contributed by atoms with E-state index in [1.54, 1.807) is 6.07 Å². The number of aromatic nitrogens is 2. The maximum Gasteiger partial charge on any atom is 0.137 e. The van der Waals surface area contributed by atoms with E-state index in [0.29, 0.717) is 21.9 Å².